The van der Waals surface area contributed by atoms with Gasteiger partial charge in [-0.2, -0.15) is 10.2 Å². The molecule has 0 aromatic heterocycles. The third kappa shape index (κ3) is 2.23. The van der Waals surface area contributed by atoms with Crippen LogP contribution in [-0.4, -0.2) is 12.8 Å². The maximum Gasteiger partial charge on any atom is 0.150 e. The summed E-state index contributed by atoms with van der Waals surface area (Å²) in [5.74, 6) is -0.438. The lowest BCUT2D eigenvalue weighted by molar-refractivity contribution is -0.106. The highest BCUT2D eigenvalue weighted by atomic mass is 19.1. The van der Waals surface area contributed by atoms with Crippen molar-refractivity contribution in [3.8, 4) is 0 Å². The number of carbonyl (C=O) groups excluding carboxylic acids is 1. The molecule has 0 aliphatic rings. The van der Waals surface area contributed by atoms with Gasteiger partial charge in [0, 0.05) is 0 Å². The lowest BCUT2D eigenvalue weighted by atomic mass is 10.3. The Bertz CT molecular complexity index is 299. The van der Waals surface area contributed by atoms with Crippen LogP contribution in [0.15, 0.2) is 34.5 Å². The first-order chi connectivity index (χ1) is 5.84. The molecular weight excluding hydrogens is 159 g/mol. The molecule has 0 aliphatic carbocycles. The van der Waals surface area contributed by atoms with Crippen molar-refractivity contribution in [1.82, 2.24) is 0 Å². The van der Waals surface area contributed by atoms with Crippen LogP contribution in [0.4, 0.5) is 10.1 Å². The third-order valence-corrected chi connectivity index (χ3v) is 1.19. The summed E-state index contributed by atoms with van der Waals surface area (Å²) in [6.45, 7) is -0.0334. The van der Waals surface area contributed by atoms with Gasteiger partial charge >= 0.3 is 0 Å². The molecule has 0 N–H and O–H groups in total. The van der Waals surface area contributed by atoms with E-state index in [1.54, 1.807) is 12.1 Å². The molecule has 0 saturated carbocycles. The molecular formula is C8H7FN2O. The lowest BCUT2D eigenvalue weighted by Crippen LogP contribution is -1.77. The predicted molar refractivity (Wildman–Crippen MR) is 41.8 cm³/mol. The van der Waals surface area contributed by atoms with Crippen molar-refractivity contribution in [1.29, 1.82) is 0 Å². The highest BCUT2D eigenvalue weighted by Crippen LogP contribution is 2.15. The number of nitrogens with zero attached hydrogens (tertiary/aromatic N) is 2. The maximum atomic E-state index is 12.8. The molecule has 1 aromatic rings. The topological polar surface area (TPSA) is 41.8 Å². The number of carbonyl (C=O) groups is 1. The van der Waals surface area contributed by atoms with Crippen LogP contribution < -0.4 is 0 Å². The summed E-state index contributed by atoms with van der Waals surface area (Å²) >= 11 is 0. The minimum atomic E-state index is -0.438. The van der Waals surface area contributed by atoms with Crippen molar-refractivity contribution in [2.45, 2.75) is 0 Å². The van der Waals surface area contributed by atoms with Gasteiger partial charge in [-0.15, -0.1) is 0 Å². The van der Waals surface area contributed by atoms with Crippen LogP contribution in [0.2, 0.25) is 0 Å². The first-order valence-corrected chi connectivity index (χ1v) is 3.40. The zero-order valence-corrected chi connectivity index (χ0v) is 6.27. The van der Waals surface area contributed by atoms with Crippen molar-refractivity contribution < 1.29 is 9.18 Å². The molecule has 0 radical (unpaired) electrons. The molecule has 12 heavy (non-hydrogen) atoms. The van der Waals surface area contributed by atoms with Gasteiger partial charge in [-0.25, -0.2) is 4.39 Å². The number of benzene rings is 1. The number of hydrogen-bond donors (Lipinski definition) is 0. The molecule has 0 atom stereocenters. The van der Waals surface area contributed by atoms with Gasteiger partial charge < -0.3 is 4.79 Å². The van der Waals surface area contributed by atoms with Gasteiger partial charge in [0.15, 0.2) is 5.82 Å². The number of halogens is 1. The highest BCUT2D eigenvalue weighted by Gasteiger charge is 1.95. The Morgan fingerprint density at radius 3 is 2.83 bits per heavy atom. The van der Waals surface area contributed by atoms with Crippen LogP contribution in [0.5, 0.6) is 0 Å². The third-order valence-electron chi connectivity index (χ3n) is 1.19. The molecule has 0 aliphatic heterocycles. The summed E-state index contributed by atoms with van der Waals surface area (Å²) in [6.07, 6.45) is 0.602. The number of azo groups is 1. The van der Waals surface area contributed by atoms with Gasteiger partial charge in [0.25, 0.3) is 0 Å². The summed E-state index contributed by atoms with van der Waals surface area (Å²) in [4.78, 5) is 9.83. The fraction of sp³-hybridized carbons (Fsp3) is 0.125. The van der Waals surface area contributed by atoms with Crippen molar-refractivity contribution in [2.75, 3.05) is 6.54 Å². The second-order valence-corrected chi connectivity index (χ2v) is 2.04. The molecule has 0 fully saturated rings. The van der Waals surface area contributed by atoms with Gasteiger partial charge in [-0.05, 0) is 12.1 Å². The van der Waals surface area contributed by atoms with E-state index in [1.165, 1.54) is 12.1 Å². The zero-order chi connectivity index (χ0) is 8.81. The molecule has 0 unspecified atom stereocenters. The van der Waals surface area contributed by atoms with Crippen LogP contribution in [0.1, 0.15) is 0 Å². The van der Waals surface area contributed by atoms with Crippen LogP contribution in [0.25, 0.3) is 0 Å². The fourth-order valence-electron chi connectivity index (χ4n) is 0.683. The van der Waals surface area contributed by atoms with Gasteiger partial charge in [0.05, 0.1) is 0 Å². The monoisotopic (exact) mass is 166 g/mol. The first-order valence-electron chi connectivity index (χ1n) is 3.40. The average molecular weight is 166 g/mol. The standard InChI is InChI=1S/C8H7FN2O/c9-7-3-1-2-4-8(7)11-10-5-6-12/h1-4,6H,5H2. The Labute approximate surface area is 68.9 Å². The summed E-state index contributed by atoms with van der Waals surface area (Å²) in [7, 11) is 0. The van der Waals surface area contributed by atoms with Gasteiger partial charge in [-0.1, -0.05) is 12.1 Å². The Kier molecular flexibility index (Phi) is 3.07. The first kappa shape index (κ1) is 8.52. The Morgan fingerprint density at radius 1 is 1.42 bits per heavy atom. The smallest absolute Gasteiger partial charge is 0.150 e. The second kappa shape index (κ2) is 4.33. The predicted octanol–water partition coefficient (Wildman–Crippen LogP) is 2.11. The summed E-state index contributed by atoms with van der Waals surface area (Å²) in [5.41, 5.74) is 0.152. The largest absolute Gasteiger partial charge is 0.301 e. The number of rotatable bonds is 3. The zero-order valence-electron chi connectivity index (χ0n) is 6.27. The molecule has 4 heteroatoms. The molecule has 3 nitrogen and oxygen atoms in total. The summed E-state index contributed by atoms with van der Waals surface area (Å²) < 4.78 is 12.8. The van der Waals surface area contributed by atoms with Crippen molar-refractivity contribution >= 4 is 12.0 Å². The molecule has 0 heterocycles. The molecule has 62 valence electrons. The van der Waals surface area contributed by atoms with Gasteiger partial charge in [-0.3, -0.25) is 0 Å². The van der Waals surface area contributed by atoms with E-state index in [0.717, 1.165) is 0 Å². The van der Waals surface area contributed by atoms with E-state index in [9.17, 15) is 9.18 Å². The summed E-state index contributed by atoms with van der Waals surface area (Å²) in [6, 6.07) is 5.99. The Morgan fingerprint density at radius 2 is 2.17 bits per heavy atom. The highest BCUT2D eigenvalue weighted by molar-refractivity contribution is 5.52. The van der Waals surface area contributed by atoms with E-state index < -0.39 is 5.82 Å². The van der Waals surface area contributed by atoms with E-state index in [4.69, 9.17) is 0 Å². The molecule has 0 amide bonds. The van der Waals surface area contributed by atoms with Gasteiger partial charge in [0.1, 0.15) is 18.5 Å². The van der Waals surface area contributed by atoms with Crippen LogP contribution in [0, 0.1) is 5.82 Å². The Balaban J connectivity index is 2.74. The van der Waals surface area contributed by atoms with E-state index in [1.807, 2.05) is 0 Å². The van der Waals surface area contributed by atoms with E-state index in [-0.39, 0.29) is 12.2 Å². The fourth-order valence-corrected chi connectivity index (χ4v) is 0.683. The average Bonchev–Trinajstić information content (AvgIpc) is 2.09. The van der Waals surface area contributed by atoms with Gasteiger partial charge in [0.2, 0.25) is 0 Å². The normalized spacial score (nSPS) is 10.4. The van der Waals surface area contributed by atoms with Crippen LogP contribution in [0.3, 0.4) is 0 Å². The summed E-state index contributed by atoms with van der Waals surface area (Å²) in [5, 5.41) is 6.95. The van der Waals surface area contributed by atoms with Crippen molar-refractivity contribution in [3.63, 3.8) is 0 Å². The second-order valence-electron chi connectivity index (χ2n) is 2.04. The van der Waals surface area contributed by atoms with Crippen LogP contribution >= 0.6 is 0 Å². The lowest BCUT2D eigenvalue weighted by Gasteiger charge is -1.91. The minimum Gasteiger partial charge on any atom is -0.301 e. The molecule has 0 spiro atoms. The van der Waals surface area contributed by atoms with Crippen molar-refractivity contribution in [3.05, 3.63) is 30.1 Å². The SMILES string of the molecule is O=CCN=Nc1ccccc1F. The minimum absolute atomic E-state index is 0.0334. The van der Waals surface area contributed by atoms with E-state index in [2.05, 4.69) is 10.2 Å². The maximum absolute atomic E-state index is 12.8. The molecule has 0 bridgehead atoms. The van der Waals surface area contributed by atoms with E-state index >= 15 is 0 Å². The van der Waals surface area contributed by atoms with Crippen LogP contribution in [-0.2, 0) is 4.79 Å². The molecule has 0 saturated heterocycles. The van der Waals surface area contributed by atoms with E-state index in [0.29, 0.717) is 6.29 Å². The number of aldehydes is 1. The van der Waals surface area contributed by atoms with Crippen molar-refractivity contribution in [2.24, 2.45) is 10.2 Å². The molecule has 1 aromatic carbocycles. The Hall–Kier alpha value is -1.58. The molecule has 1 rings (SSSR count). The quantitative estimate of drug-likeness (QED) is 0.500. The number of hydrogen-bond acceptors (Lipinski definition) is 3.